The van der Waals surface area contributed by atoms with Crippen molar-refractivity contribution in [2.45, 2.75) is 25.8 Å². The molecule has 3 nitrogen and oxygen atoms in total. The van der Waals surface area contributed by atoms with Gasteiger partial charge in [0.25, 0.3) is 0 Å². The third kappa shape index (κ3) is 1.84. The Morgan fingerprint density at radius 3 is 2.36 bits per heavy atom. The van der Waals surface area contributed by atoms with Crippen molar-refractivity contribution in [3.8, 4) is 0 Å². The number of nitrogens with two attached hydrogens (primary N) is 1. The van der Waals surface area contributed by atoms with Crippen molar-refractivity contribution in [3.05, 3.63) is 0 Å². The zero-order chi connectivity index (χ0) is 7.78. The van der Waals surface area contributed by atoms with Gasteiger partial charge >= 0.3 is 5.97 Å². The van der Waals surface area contributed by atoms with Gasteiger partial charge in [0.05, 0.1) is 12.5 Å². The zero-order valence-electron chi connectivity index (χ0n) is 6.79. The number of rotatable bonds is 1. The molecule has 0 unspecified atom stereocenters. The fourth-order valence-electron chi connectivity index (χ4n) is 1.51. The highest BCUT2D eigenvalue weighted by atomic mass is 35.5. The molecule has 0 radical (unpaired) electrons. The SMILES string of the molecule is COC(=O)C1(C)CC(N)C1.Cl. The summed E-state index contributed by atoms with van der Waals surface area (Å²) in [5, 5.41) is 0. The first-order valence-corrected chi connectivity index (χ1v) is 3.42. The topological polar surface area (TPSA) is 52.3 Å². The summed E-state index contributed by atoms with van der Waals surface area (Å²) in [6.07, 6.45) is 1.53. The van der Waals surface area contributed by atoms with Crippen LogP contribution in [0.15, 0.2) is 0 Å². The largest absolute Gasteiger partial charge is 0.469 e. The molecule has 2 N–H and O–H groups in total. The van der Waals surface area contributed by atoms with Gasteiger partial charge in [0, 0.05) is 6.04 Å². The maximum Gasteiger partial charge on any atom is 0.311 e. The van der Waals surface area contributed by atoms with Crippen LogP contribution < -0.4 is 5.73 Å². The molecule has 0 heterocycles. The summed E-state index contributed by atoms with van der Waals surface area (Å²) >= 11 is 0. The van der Waals surface area contributed by atoms with Gasteiger partial charge in [-0.25, -0.2) is 0 Å². The van der Waals surface area contributed by atoms with Crippen molar-refractivity contribution < 1.29 is 9.53 Å². The van der Waals surface area contributed by atoms with E-state index in [9.17, 15) is 4.79 Å². The Bertz CT molecular complexity index is 155. The Morgan fingerprint density at radius 2 is 2.09 bits per heavy atom. The molecule has 1 aliphatic rings. The molecule has 4 heteroatoms. The zero-order valence-corrected chi connectivity index (χ0v) is 7.61. The molecule has 11 heavy (non-hydrogen) atoms. The van der Waals surface area contributed by atoms with Crippen LogP contribution >= 0.6 is 12.4 Å². The fraction of sp³-hybridized carbons (Fsp3) is 0.857. The van der Waals surface area contributed by atoms with Gasteiger partial charge in [-0.15, -0.1) is 12.4 Å². The van der Waals surface area contributed by atoms with Crippen LogP contribution in [0, 0.1) is 5.41 Å². The van der Waals surface area contributed by atoms with Crippen LogP contribution in [0.1, 0.15) is 19.8 Å². The molecule has 0 aromatic rings. The second-order valence-electron chi connectivity index (χ2n) is 3.22. The molecular weight excluding hydrogens is 166 g/mol. The van der Waals surface area contributed by atoms with E-state index in [-0.39, 0.29) is 29.8 Å². The summed E-state index contributed by atoms with van der Waals surface area (Å²) in [7, 11) is 1.41. The van der Waals surface area contributed by atoms with Gasteiger partial charge in [0.2, 0.25) is 0 Å². The van der Waals surface area contributed by atoms with E-state index in [1.165, 1.54) is 7.11 Å². The molecule has 0 aliphatic heterocycles. The molecular formula is C7H14ClNO2. The third-order valence-corrected chi connectivity index (χ3v) is 2.10. The number of esters is 1. The Kier molecular flexibility index (Phi) is 3.32. The average Bonchev–Trinajstić information content (AvgIpc) is 1.83. The number of carbonyl (C=O) groups is 1. The van der Waals surface area contributed by atoms with Gasteiger partial charge in [0.1, 0.15) is 0 Å². The molecule has 66 valence electrons. The lowest BCUT2D eigenvalue weighted by Crippen LogP contribution is -2.49. The molecule has 0 atom stereocenters. The number of carbonyl (C=O) groups excluding carboxylic acids is 1. The first-order chi connectivity index (χ1) is 4.58. The van der Waals surface area contributed by atoms with E-state index in [4.69, 9.17) is 5.73 Å². The number of hydrogen-bond donors (Lipinski definition) is 1. The molecule has 0 aromatic carbocycles. The number of methoxy groups -OCH3 is 1. The van der Waals surface area contributed by atoms with Crippen LogP contribution in [0.3, 0.4) is 0 Å². The first kappa shape index (κ1) is 10.7. The minimum Gasteiger partial charge on any atom is -0.469 e. The van der Waals surface area contributed by atoms with Crippen LogP contribution in [0.25, 0.3) is 0 Å². The summed E-state index contributed by atoms with van der Waals surface area (Å²) in [4.78, 5) is 11.0. The normalized spacial score (nSPS) is 35.0. The highest BCUT2D eigenvalue weighted by molar-refractivity contribution is 5.85. The standard InChI is InChI=1S/C7H13NO2.ClH/c1-7(6(9)10-2)3-5(8)4-7;/h5H,3-4,8H2,1-2H3;1H. The second kappa shape index (κ2) is 3.41. The van der Waals surface area contributed by atoms with Crippen molar-refractivity contribution in [1.82, 2.24) is 0 Å². The lowest BCUT2D eigenvalue weighted by atomic mass is 9.67. The summed E-state index contributed by atoms with van der Waals surface area (Å²) in [5.74, 6) is -0.130. The molecule has 0 bridgehead atoms. The van der Waals surface area contributed by atoms with Gasteiger partial charge in [-0.05, 0) is 19.8 Å². The highest BCUT2D eigenvalue weighted by Crippen LogP contribution is 2.40. The van der Waals surface area contributed by atoms with Crippen LogP contribution in [0.2, 0.25) is 0 Å². The van der Waals surface area contributed by atoms with Crippen molar-refractivity contribution >= 4 is 18.4 Å². The van der Waals surface area contributed by atoms with E-state index < -0.39 is 0 Å². The lowest BCUT2D eigenvalue weighted by molar-refractivity contribution is -0.157. The minimum atomic E-state index is -0.284. The third-order valence-electron chi connectivity index (χ3n) is 2.10. The Hall–Kier alpha value is -0.280. The molecule has 0 amide bonds. The first-order valence-electron chi connectivity index (χ1n) is 3.42. The maximum absolute atomic E-state index is 11.0. The van der Waals surface area contributed by atoms with E-state index in [0.717, 1.165) is 12.8 Å². The monoisotopic (exact) mass is 179 g/mol. The predicted molar refractivity (Wildman–Crippen MR) is 44.6 cm³/mol. The summed E-state index contributed by atoms with van der Waals surface area (Å²) in [5.41, 5.74) is 5.26. The molecule has 1 aliphatic carbocycles. The summed E-state index contributed by atoms with van der Waals surface area (Å²) in [6.45, 7) is 1.89. The van der Waals surface area contributed by atoms with Gasteiger partial charge in [-0.3, -0.25) is 4.79 Å². The van der Waals surface area contributed by atoms with E-state index in [1.54, 1.807) is 0 Å². The van der Waals surface area contributed by atoms with E-state index in [2.05, 4.69) is 4.74 Å². The van der Waals surface area contributed by atoms with Crippen molar-refractivity contribution in [1.29, 1.82) is 0 Å². The van der Waals surface area contributed by atoms with Crippen molar-refractivity contribution in [2.75, 3.05) is 7.11 Å². The molecule has 1 fully saturated rings. The van der Waals surface area contributed by atoms with Gasteiger partial charge in [-0.2, -0.15) is 0 Å². The molecule has 0 aromatic heterocycles. The van der Waals surface area contributed by atoms with Crippen molar-refractivity contribution in [2.24, 2.45) is 11.1 Å². The molecule has 0 saturated heterocycles. The van der Waals surface area contributed by atoms with Crippen molar-refractivity contribution in [3.63, 3.8) is 0 Å². The number of hydrogen-bond acceptors (Lipinski definition) is 3. The number of halogens is 1. The van der Waals surface area contributed by atoms with Gasteiger partial charge in [-0.1, -0.05) is 0 Å². The highest BCUT2D eigenvalue weighted by Gasteiger charge is 2.45. The van der Waals surface area contributed by atoms with E-state index in [0.29, 0.717) is 0 Å². The Morgan fingerprint density at radius 1 is 1.64 bits per heavy atom. The molecule has 0 spiro atoms. The Labute approximate surface area is 72.7 Å². The molecule has 1 rings (SSSR count). The smallest absolute Gasteiger partial charge is 0.311 e. The number of ether oxygens (including phenoxy) is 1. The maximum atomic E-state index is 11.0. The summed E-state index contributed by atoms with van der Waals surface area (Å²) < 4.78 is 4.61. The van der Waals surface area contributed by atoms with Crippen LogP contribution in [-0.2, 0) is 9.53 Å². The predicted octanol–water partition coefficient (Wildman–Crippen LogP) is 0.709. The lowest BCUT2D eigenvalue weighted by Gasteiger charge is -2.40. The van der Waals surface area contributed by atoms with Crippen LogP contribution in [-0.4, -0.2) is 19.1 Å². The molecule has 1 saturated carbocycles. The van der Waals surface area contributed by atoms with Crippen LogP contribution in [0.4, 0.5) is 0 Å². The quantitative estimate of drug-likeness (QED) is 0.604. The van der Waals surface area contributed by atoms with E-state index >= 15 is 0 Å². The van der Waals surface area contributed by atoms with Gasteiger partial charge in [0.15, 0.2) is 0 Å². The summed E-state index contributed by atoms with van der Waals surface area (Å²) in [6, 6.07) is 0.198. The Balaban J connectivity index is 0.000001000. The average molecular weight is 180 g/mol. The van der Waals surface area contributed by atoms with Gasteiger partial charge < -0.3 is 10.5 Å². The second-order valence-corrected chi connectivity index (χ2v) is 3.22. The minimum absolute atomic E-state index is 0. The van der Waals surface area contributed by atoms with E-state index in [1.807, 2.05) is 6.92 Å². The van der Waals surface area contributed by atoms with Crippen LogP contribution in [0.5, 0.6) is 0 Å². The fourth-order valence-corrected chi connectivity index (χ4v) is 1.51.